The van der Waals surface area contributed by atoms with Gasteiger partial charge in [0.1, 0.15) is 0 Å². The molecule has 2 fully saturated rings. The lowest BCUT2D eigenvalue weighted by molar-refractivity contribution is 0.0458. The molecule has 1 heterocycles. The molecule has 5 atom stereocenters. The molecule has 1 aliphatic carbocycles. The monoisotopic (exact) mass is 286 g/mol. The summed E-state index contributed by atoms with van der Waals surface area (Å²) < 4.78 is 0. The molecule has 2 aliphatic rings. The molecule has 0 bridgehead atoms. The molecular formula is C19H30N2. The van der Waals surface area contributed by atoms with E-state index in [1.165, 1.54) is 24.8 Å². The van der Waals surface area contributed by atoms with Gasteiger partial charge in [-0.1, -0.05) is 44.2 Å². The zero-order valence-corrected chi connectivity index (χ0v) is 13.8. The van der Waals surface area contributed by atoms with Crippen molar-refractivity contribution in [2.24, 2.45) is 11.8 Å². The molecule has 1 aliphatic heterocycles. The van der Waals surface area contributed by atoms with Gasteiger partial charge in [0.25, 0.3) is 0 Å². The SMILES string of the molecule is CC1CCC(N2CC(c3ccccc3)NCC2C)CC1C. The Hall–Kier alpha value is -0.860. The molecule has 0 aromatic heterocycles. The molecule has 1 aromatic rings. The van der Waals surface area contributed by atoms with E-state index in [1.807, 2.05) is 0 Å². The number of nitrogens with zero attached hydrogens (tertiary/aromatic N) is 1. The van der Waals surface area contributed by atoms with Crippen molar-refractivity contribution in [3.05, 3.63) is 35.9 Å². The highest BCUT2D eigenvalue weighted by atomic mass is 15.3. The van der Waals surface area contributed by atoms with Crippen molar-refractivity contribution in [2.45, 2.75) is 58.2 Å². The molecule has 1 saturated carbocycles. The van der Waals surface area contributed by atoms with Crippen LogP contribution in [0.25, 0.3) is 0 Å². The van der Waals surface area contributed by atoms with Crippen molar-refractivity contribution in [1.29, 1.82) is 0 Å². The van der Waals surface area contributed by atoms with Crippen molar-refractivity contribution >= 4 is 0 Å². The third-order valence-corrected chi connectivity index (χ3v) is 5.86. The molecule has 1 aromatic carbocycles. The Kier molecular flexibility index (Phi) is 4.66. The van der Waals surface area contributed by atoms with Crippen LogP contribution in [0.3, 0.4) is 0 Å². The predicted molar refractivity (Wildman–Crippen MR) is 89.3 cm³/mol. The van der Waals surface area contributed by atoms with Gasteiger partial charge in [-0.25, -0.2) is 0 Å². The molecular weight excluding hydrogens is 256 g/mol. The Labute approximate surface area is 129 Å². The van der Waals surface area contributed by atoms with Crippen LogP contribution in [0.5, 0.6) is 0 Å². The van der Waals surface area contributed by atoms with Crippen LogP contribution in [0.4, 0.5) is 0 Å². The minimum atomic E-state index is 0.497. The van der Waals surface area contributed by atoms with Gasteiger partial charge in [0.2, 0.25) is 0 Å². The summed E-state index contributed by atoms with van der Waals surface area (Å²) in [6.07, 6.45) is 4.17. The number of piperazine rings is 1. The smallest absolute Gasteiger partial charge is 0.0450 e. The summed E-state index contributed by atoms with van der Waals surface area (Å²) in [5.74, 6) is 1.78. The maximum absolute atomic E-state index is 3.73. The van der Waals surface area contributed by atoms with Gasteiger partial charge in [-0.15, -0.1) is 0 Å². The predicted octanol–water partition coefficient (Wildman–Crippen LogP) is 3.85. The molecule has 3 rings (SSSR count). The van der Waals surface area contributed by atoms with E-state index in [2.05, 4.69) is 61.3 Å². The van der Waals surface area contributed by atoms with Crippen molar-refractivity contribution in [1.82, 2.24) is 10.2 Å². The van der Waals surface area contributed by atoms with E-state index in [0.717, 1.165) is 31.0 Å². The summed E-state index contributed by atoms with van der Waals surface area (Å²) in [5, 5.41) is 3.73. The van der Waals surface area contributed by atoms with Crippen LogP contribution in [0.1, 0.15) is 51.6 Å². The summed E-state index contributed by atoms with van der Waals surface area (Å²) in [5.41, 5.74) is 1.44. The molecule has 0 amide bonds. The van der Waals surface area contributed by atoms with Gasteiger partial charge in [0, 0.05) is 31.2 Å². The number of rotatable bonds is 2. The van der Waals surface area contributed by atoms with Crippen LogP contribution in [0.15, 0.2) is 30.3 Å². The van der Waals surface area contributed by atoms with Gasteiger partial charge < -0.3 is 5.32 Å². The molecule has 5 unspecified atom stereocenters. The summed E-state index contributed by atoms with van der Waals surface area (Å²) in [7, 11) is 0. The number of hydrogen-bond donors (Lipinski definition) is 1. The van der Waals surface area contributed by atoms with Crippen LogP contribution in [-0.2, 0) is 0 Å². The minimum Gasteiger partial charge on any atom is -0.307 e. The first kappa shape index (κ1) is 15.1. The second-order valence-corrected chi connectivity index (χ2v) is 7.34. The van der Waals surface area contributed by atoms with Gasteiger partial charge >= 0.3 is 0 Å². The molecule has 0 radical (unpaired) electrons. The summed E-state index contributed by atoms with van der Waals surface area (Å²) in [6, 6.07) is 12.9. The Morgan fingerprint density at radius 2 is 1.76 bits per heavy atom. The summed E-state index contributed by atoms with van der Waals surface area (Å²) >= 11 is 0. The summed E-state index contributed by atoms with van der Waals surface area (Å²) in [4.78, 5) is 2.79. The van der Waals surface area contributed by atoms with Crippen molar-refractivity contribution in [3.63, 3.8) is 0 Å². The van der Waals surface area contributed by atoms with Crippen LogP contribution >= 0.6 is 0 Å². The van der Waals surface area contributed by atoms with E-state index in [4.69, 9.17) is 0 Å². The number of benzene rings is 1. The van der Waals surface area contributed by atoms with E-state index >= 15 is 0 Å². The van der Waals surface area contributed by atoms with Crippen LogP contribution in [0.2, 0.25) is 0 Å². The second kappa shape index (κ2) is 6.50. The Bertz CT molecular complexity index is 444. The van der Waals surface area contributed by atoms with E-state index in [1.54, 1.807) is 0 Å². The largest absolute Gasteiger partial charge is 0.307 e. The van der Waals surface area contributed by atoms with E-state index in [-0.39, 0.29) is 0 Å². The molecule has 116 valence electrons. The molecule has 0 spiro atoms. The highest BCUT2D eigenvalue weighted by Gasteiger charge is 2.34. The third kappa shape index (κ3) is 3.32. The topological polar surface area (TPSA) is 15.3 Å². The number of nitrogens with one attached hydrogen (secondary N) is 1. The molecule has 21 heavy (non-hydrogen) atoms. The molecule has 1 saturated heterocycles. The second-order valence-electron chi connectivity index (χ2n) is 7.34. The lowest BCUT2D eigenvalue weighted by Gasteiger charge is -2.47. The van der Waals surface area contributed by atoms with E-state index < -0.39 is 0 Å². The maximum atomic E-state index is 3.73. The van der Waals surface area contributed by atoms with Crippen LogP contribution < -0.4 is 5.32 Å². The zero-order chi connectivity index (χ0) is 14.8. The minimum absolute atomic E-state index is 0.497. The third-order valence-electron chi connectivity index (χ3n) is 5.86. The molecule has 2 nitrogen and oxygen atoms in total. The van der Waals surface area contributed by atoms with E-state index in [9.17, 15) is 0 Å². The van der Waals surface area contributed by atoms with Gasteiger partial charge in [-0.05, 0) is 43.6 Å². The van der Waals surface area contributed by atoms with Crippen molar-refractivity contribution in [3.8, 4) is 0 Å². The first-order chi connectivity index (χ1) is 10.1. The van der Waals surface area contributed by atoms with Crippen LogP contribution in [-0.4, -0.2) is 30.1 Å². The van der Waals surface area contributed by atoms with Gasteiger partial charge in [0.15, 0.2) is 0 Å². The standard InChI is InChI=1S/C19H30N2/c1-14-9-10-18(11-15(14)2)21-13-19(20-12-16(21)3)17-7-5-4-6-8-17/h4-8,14-16,18-20H,9-13H2,1-3H3. The van der Waals surface area contributed by atoms with E-state index in [0.29, 0.717) is 12.1 Å². The first-order valence-corrected chi connectivity index (χ1v) is 8.69. The maximum Gasteiger partial charge on any atom is 0.0450 e. The summed E-state index contributed by atoms with van der Waals surface area (Å²) in [6.45, 7) is 9.53. The fourth-order valence-electron chi connectivity index (χ4n) is 4.12. The van der Waals surface area contributed by atoms with Crippen molar-refractivity contribution < 1.29 is 0 Å². The first-order valence-electron chi connectivity index (χ1n) is 8.69. The Balaban J connectivity index is 1.69. The van der Waals surface area contributed by atoms with Crippen LogP contribution in [0, 0.1) is 11.8 Å². The fourth-order valence-corrected chi connectivity index (χ4v) is 4.12. The Morgan fingerprint density at radius 3 is 2.48 bits per heavy atom. The van der Waals surface area contributed by atoms with Gasteiger partial charge in [0.05, 0.1) is 0 Å². The normalized spacial score (nSPS) is 38.3. The lowest BCUT2D eigenvalue weighted by atomic mass is 9.78. The Morgan fingerprint density at radius 1 is 1.00 bits per heavy atom. The van der Waals surface area contributed by atoms with Gasteiger partial charge in [-0.2, -0.15) is 0 Å². The average molecular weight is 286 g/mol. The zero-order valence-electron chi connectivity index (χ0n) is 13.8. The van der Waals surface area contributed by atoms with Gasteiger partial charge in [-0.3, -0.25) is 4.90 Å². The lowest BCUT2D eigenvalue weighted by Crippen LogP contribution is -2.56. The average Bonchev–Trinajstić information content (AvgIpc) is 2.51. The van der Waals surface area contributed by atoms with Crippen molar-refractivity contribution in [2.75, 3.05) is 13.1 Å². The number of hydrogen-bond acceptors (Lipinski definition) is 2. The molecule has 1 N–H and O–H groups in total. The molecule has 2 heteroatoms. The quantitative estimate of drug-likeness (QED) is 0.888. The highest BCUT2D eigenvalue weighted by Crippen LogP contribution is 2.34. The highest BCUT2D eigenvalue weighted by molar-refractivity contribution is 5.20. The fraction of sp³-hybridized carbons (Fsp3) is 0.684.